The summed E-state index contributed by atoms with van der Waals surface area (Å²) in [4.78, 5) is 5.85. The standard InChI is InChI=1S/C22H22N2O3S4/c23-15-19-18(17-8-3-1-4-9-17)14-20(21-10-7-12-29-21)24-22(19)30-16-28-11-5-2-6-13-31(25,26)27/h1,3-4,7-10,12,14H,2,5-6,11,13,16H2,(H,25,26,27). The molecule has 0 saturated carbocycles. The highest BCUT2D eigenvalue weighted by Crippen LogP contribution is 2.36. The van der Waals surface area contributed by atoms with Crippen LogP contribution in [-0.2, 0) is 10.1 Å². The molecule has 162 valence electrons. The Morgan fingerprint density at radius 2 is 1.90 bits per heavy atom. The average Bonchev–Trinajstić information content (AvgIpc) is 3.30. The fraction of sp³-hybridized carbons (Fsp3) is 0.273. The molecule has 0 atom stereocenters. The van der Waals surface area contributed by atoms with Crippen LogP contribution in [0.5, 0.6) is 0 Å². The Hall–Kier alpha value is -1.83. The lowest BCUT2D eigenvalue weighted by Gasteiger charge is -2.11. The number of benzene rings is 1. The third-order valence-corrected chi connectivity index (χ3v) is 8.41. The van der Waals surface area contributed by atoms with E-state index in [0.29, 0.717) is 12.0 Å². The summed E-state index contributed by atoms with van der Waals surface area (Å²) in [5, 5.41) is 13.4. The predicted octanol–water partition coefficient (Wildman–Crippen LogP) is 6.19. The smallest absolute Gasteiger partial charge is 0.264 e. The van der Waals surface area contributed by atoms with E-state index in [1.54, 1.807) is 34.9 Å². The molecule has 2 heterocycles. The second-order valence-corrected chi connectivity index (χ2v) is 11.7. The summed E-state index contributed by atoms with van der Waals surface area (Å²) in [7, 11) is -3.86. The Balaban J connectivity index is 1.69. The van der Waals surface area contributed by atoms with Crippen molar-refractivity contribution in [3.8, 4) is 27.8 Å². The fourth-order valence-electron chi connectivity index (χ4n) is 2.95. The largest absolute Gasteiger partial charge is 0.286 e. The summed E-state index contributed by atoms with van der Waals surface area (Å²) in [6, 6.07) is 18.3. The van der Waals surface area contributed by atoms with Crippen LogP contribution in [0.2, 0.25) is 0 Å². The first-order valence-electron chi connectivity index (χ1n) is 9.68. The molecule has 0 amide bonds. The van der Waals surface area contributed by atoms with Crippen molar-refractivity contribution in [3.63, 3.8) is 0 Å². The van der Waals surface area contributed by atoms with Crippen LogP contribution in [0.25, 0.3) is 21.7 Å². The van der Waals surface area contributed by atoms with E-state index in [1.165, 1.54) is 0 Å². The normalized spacial score (nSPS) is 11.4. The predicted molar refractivity (Wildman–Crippen MR) is 131 cm³/mol. The van der Waals surface area contributed by atoms with Gasteiger partial charge in [-0.2, -0.15) is 25.4 Å². The first-order valence-corrected chi connectivity index (χ1v) is 14.3. The number of hydrogen-bond donors (Lipinski definition) is 1. The van der Waals surface area contributed by atoms with Gasteiger partial charge in [-0.1, -0.05) is 54.6 Å². The number of nitriles is 1. The highest BCUT2D eigenvalue weighted by molar-refractivity contribution is 8.16. The second kappa shape index (κ2) is 11.7. The average molecular weight is 491 g/mol. The Bertz CT molecular complexity index is 1130. The van der Waals surface area contributed by atoms with Crippen LogP contribution in [0.3, 0.4) is 0 Å². The number of rotatable bonds is 11. The summed E-state index contributed by atoms with van der Waals surface area (Å²) in [5.41, 5.74) is 3.34. The first-order chi connectivity index (χ1) is 15.0. The number of nitrogens with zero attached hydrogens (tertiary/aromatic N) is 2. The van der Waals surface area contributed by atoms with Gasteiger partial charge in [0.15, 0.2) is 0 Å². The molecule has 0 unspecified atom stereocenters. The van der Waals surface area contributed by atoms with Gasteiger partial charge in [0.2, 0.25) is 0 Å². The zero-order valence-corrected chi connectivity index (χ0v) is 20.0. The number of pyridine rings is 1. The van der Waals surface area contributed by atoms with Crippen molar-refractivity contribution in [2.75, 3.05) is 16.6 Å². The summed E-state index contributed by atoms with van der Waals surface area (Å²) < 4.78 is 30.2. The highest BCUT2D eigenvalue weighted by Gasteiger charge is 2.16. The quantitative estimate of drug-likeness (QED) is 0.148. The lowest BCUT2D eigenvalue weighted by molar-refractivity contribution is 0.480. The molecule has 0 fully saturated rings. The van der Waals surface area contributed by atoms with Crippen LogP contribution in [0.1, 0.15) is 24.8 Å². The number of aromatic nitrogens is 1. The molecule has 0 radical (unpaired) electrons. The Kier molecular flexibility index (Phi) is 8.99. The lowest BCUT2D eigenvalue weighted by atomic mass is 10.0. The molecular formula is C22H22N2O3S4. The highest BCUT2D eigenvalue weighted by atomic mass is 32.2. The summed E-state index contributed by atoms with van der Waals surface area (Å²) >= 11 is 4.92. The molecule has 0 bridgehead atoms. The molecule has 0 spiro atoms. The van der Waals surface area contributed by atoms with E-state index in [1.807, 2.05) is 53.9 Å². The summed E-state index contributed by atoms with van der Waals surface area (Å²) in [5.74, 6) is 0.705. The van der Waals surface area contributed by atoms with Crippen molar-refractivity contribution in [3.05, 3.63) is 59.5 Å². The number of thiophene rings is 1. The van der Waals surface area contributed by atoms with Crippen LogP contribution in [0.4, 0.5) is 0 Å². The summed E-state index contributed by atoms with van der Waals surface area (Å²) in [6.07, 6.45) is 2.10. The minimum atomic E-state index is -3.86. The molecule has 3 rings (SSSR count). The molecule has 0 aliphatic heterocycles. The zero-order valence-electron chi connectivity index (χ0n) is 16.7. The van der Waals surface area contributed by atoms with Gasteiger partial charge < -0.3 is 0 Å². The van der Waals surface area contributed by atoms with E-state index >= 15 is 0 Å². The molecular weight excluding hydrogens is 469 g/mol. The van der Waals surface area contributed by atoms with Crippen molar-refractivity contribution >= 4 is 45.0 Å². The van der Waals surface area contributed by atoms with Crippen molar-refractivity contribution in [1.82, 2.24) is 4.98 Å². The van der Waals surface area contributed by atoms with Crippen LogP contribution in [0, 0.1) is 11.3 Å². The maximum atomic E-state index is 10.7. The van der Waals surface area contributed by atoms with Gasteiger partial charge in [-0.25, -0.2) is 4.98 Å². The van der Waals surface area contributed by atoms with Gasteiger partial charge in [-0.05, 0) is 41.7 Å². The molecule has 3 aromatic rings. The van der Waals surface area contributed by atoms with Gasteiger partial charge in [-0.15, -0.1) is 11.3 Å². The van der Waals surface area contributed by atoms with E-state index in [2.05, 4.69) is 6.07 Å². The van der Waals surface area contributed by atoms with Crippen LogP contribution >= 0.6 is 34.9 Å². The van der Waals surface area contributed by atoms with Gasteiger partial charge in [-0.3, -0.25) is 4.55 Å². The topological polar surface area (TPSA) is 91.0 Å². The minimum Gasteiger partial charge on any atom is -0.286 e. The van der Waals surface area contributed by atoms with Crippen molar-refractivity contribution in [2.45, 2.75) is 24.3 Å². The number of thioether (sulfide) groups is 2. The molecule has 31 heavy (non-hydrogen) atoms. The van der Waals surface area contributed by atoms with E-state index < -0.39 is 10.1 Å². The molecule has 9 heteroatoms. The molecule has 1 N–H and O–H groups in total. The van der Waals surface area contributed by atoms with Crippen molar-refractivity contribution < 1.29 is 13.0 Å². The third kappa shape index (κ3) is 7.37. The van der Waals surface area contributed by atoms with Crippen molar-refractivity contribution in [2.24, 2.45) is 0 Å². The zero-order chi connectivity index (χ0) is 22.1. The van der Waals surface area contributed by atoms with Gasteiger partial charge in [0.1, 0.15) is 11.1 Å². The Morgan fingerprint density at radius 1 is 1.10 bits per heavy atom. The van der Waals surface area contributed by atoms with Crippen molar-refractivity contribution in [1.29, 1.82) is 5.26 Å². The second-order valence-electron chi connectivity index (χ2n) is 6.71. The maximum absolute atomic E-state index is 10.7. The molecule has 5 nitrogen and oxygen atoms in total. The Morgan fingerprint density at radius 3 is 2.58 bits per heavy atom. The molecule has 0 saturated heterocycles. The van der Waals surface area contributed by atoms with Crippen LogP contribution in [-0.4, -0.2) is 34.5 Å². The van der Waals surface area contributed by atoms with Crippen LogP contribution < -0.4 is 0 Å². The molecule has 2 aromatic heterocycles. The van der Waals surface area contributed by atoms with Gasteiger partial charge in [0.25, 0.3) is 10.1 Å². The maximum Gasteiger partial charge on any atom is 0.264 e. The third-order valence-electron chi connectivity index (χ3n) is 4.43. The summed E-state index contributed by atoms with van der Waals surface area (Å²) in [6.45, 7) is 0. The molecule has 0 aliphatic rings. The SMILES string of the molecule is N#Cc1c(-c2ccccc2)cc(-c2cccs2)nc1SCSCCCCCS(=O)(=O)O. The van der Waals surface area contributed by atoms with E-state index in [-0.39, 0.29) is 5.75 Å². The van der Waals surface area contributed by atoms with E-state index in [4.69, 9.17) is 9.54 Å². The van der Waals surface area contributed by atoms with E-state index in [9.17, 15) is 13.7 Å². The first kappa shape index (κ1) is 23.8. The Labute approximate surface area is 195 Å². The van der Waals surface area contributed by atoms with E-state index in [0.717, 1.165) is 50.4 Å². The van der Waals surface area contributed by atoms with Crippen LogP contribution in [0.15, 0.2) is 58.9 Å². The minimum absolute atomic E-state index is 0.181. The van der Waals surface area contributed by atoms with Gasteiger partial charge >= 0.3 is 0 Å². The number of hydrogen-bond acceptors (Lipinski definition) is 7. The lowest BCUT2D eigenvalue weighted by Crippen LogP contribution is -2.03. The molecule has 1 aromatic carbocycles. The monoisotopic (exact) mass is 490 g/mol. The number of unbranched alkanes of at least 4 members (excludes halogenated alkanes) is 2. The molecule has 0 aliphatic carbocycles. The fourth-order valence-corrected chi connectivity index (χ4v) is 6.33. The van der Waals surface area contributed by atoms with Gasteiger partial charge in [0, 0.05) is 10.6 Å². The van der Waals surface area contributed by atoms with Gasteiger partial charge in [0.05, 0.1) is 21.9 Å².